The zero-order chi connectivity index (χ0) is 10.6. The van der Waals surface area contributed by atoms with Crippen LogP contribution in [-0.4, -0.2) is 32.6 Å². The number of carboxylic acids is 1. The molecule has 0 atom stereocenters. The van der Waals surface area contributed by atoms with Crippen LogP contribution in [0.4, 0.5) is 0 Å². The molecule has 0 unspecified atom stereocenters. The van der Waals surface area contributed by atoms with Crippen molar-refractivity contribution in [1.29, 1.82) is 0 Å². The number of carbonyl (C=O) groups is 2. The van der Waals surface area contributed by atoms with Crippen LogP contribution in [0.15, 0.2) is 11.0 Å². The molecule has 6 nitrogen and oxygen atoms in total. The van der Waals surface area contributed by atoms with Gasteiger partial charge in [0.05, 0.1) is 13.2 Å². The minimum absolute atomic E-state index is 0.161. The Hall–Kier alpha value is -1.08. The van der Waals surface area contributed by atoms with Gasteiger partial charge in [-0.3, -0.25) is 0 Å². The summed E-state index contributed by atoms with van der Waals surface area (Å²) in [6.07, 6.45) is 0.161. The molecule has 74 valence electrons. The fourth-order valence-corrected chi connectivity index (χ4v) is 1.29. The lowest BCUT2D eigenvalue weighted by Gasteiger charge is -1.98. The van der Waals surface area contributed by atoms with Crippen molar-refractivity contribution in [2.24, 2.45) is 0 Å². The number of hydrogen-bond acceptors (Lipinski definition) is 5. The number of hydrogen-bond donors (Lipinski definition) is 1. The molecule has 0 aromatic rings. The minimum atomic E-state index is -4.39. The van der Waals surface area contributed by atoms with Gasteiger partial charge in [0.15, 0.2) is 4.91 Å². The van der Waals surface area contributed by atoms with Gasteiger partial charge in [-0.15, -0.1) is 0 Å². The van der Waals surface area contributed by atoms with E-state index < -0.39 is 25.9 Å². The molecule has 0 aliphatic rings. The van der Waals surface area contributed by atoms with Crippen molar-refractivity contribution in [2.45, 2.75) is 0 Å². The topological polar surface area (TPSA) is 97.7 Å². The molecule has 0 radical (unpaired) electrons. The maximum absolute atomic E-state index is 10.7. The first kappa shape index (κ1) is 11.9. The van der Waals surface area contributed by atoms with Crippen LogP contribution in [0.25, 0.3) is 0 Å². The van der Waals surface area contributed by atoms with E-state index in [-0.39, 0.29) is 6.08 Å². The van der Waals surface area contributed by atoms with Gasteiger partial charge in [-0.05, 0) is 0 Å². The van der Waals surface area contributed by atoms with Crippen molar-refractivity contribution in [1.82, 2.24) is 0 Å². The molecule has 0 heterocycles. The van der Waals surface area contributed by atoms with Crippen LogP contribution in [0.2, 0.25) is 0 Å². The minimum Gasteiger partial charge on any atom is -0.478 e. The first-order valence-electron chi connectivity index (χ1n) is 2.76. The number of rotatable bonds is 3. The van der Waals surface area contributed by atoms with Gasteiger partial charge in [-0.2, -0.15) is 0 Å². The highest BCUT2D eigenvalue weighted by Crippen LogP contribution is 2.13. The van der Waals surface area contributed by atoms with E-state index >= 15 is 0 Å². The van der Waals surface area contributed by atoms with Gasteiger partial charge < -0.3 is 9.84 Å². The summed E-state index contributed by atoms with van der Waals surface area (Å²) in [4.78, 5) is 19.6. The molecule has 0 saturated carbocycles. The molecular formula is C5H5ClO6S. The Morgan fingerprint density at radius 3 is 2.15 bits per heavy atom. The normalized spacial score (nSPS) is 12.3. The van der Waals surface area contributed by atoms with Crippen LogP contribution in [0.1, 0.15) is 0 Å². The Labute approximate surface area is 78.2 Å². The molecule has 13 heavy (non-hydrogen) atoms. The van der Waals surface area contributed by atoms with Gasteiger partial charge in [0.1, 0.15) is 0 Å². The summed E-state index contributed by atoms with van der Waals surface area (Å²) in [7, 11) is 1.27. The molecule has 0 fully saturated rings. The number of aliphatic carboxylic acids is 1. The SMILES string of the molecule is COC(=O)/C(=C\C(=O)O)S(=O)(=O)Cl. The summed E-state index contributed by atoms with van der Waals surface area (Å²) in [5, 5.41) is 8.18. The summed E-state index contributed by atoms with van der Waals surface area (Å²) in [5.41, 5.74) is 0. The van der Waals surface area contributed by atoms with Gasteiger partial charge in [0.25, 0.3) is 9.05 Å². The zero-order valence-electron chi connectivity index (χ0n) is 6.35. The summed E-state index contributed by atoms with van der Waals surface area (Å²) in [5.74, 6) is -2.93. The third-order valence-electron chi connectivity index (χ3n) is 0.904. The van der Waals surface area contributed by atoms with Crippen LogP contribution in [0.5, 0.6) is 0 Å². The highest BCUT2D eigenvalue weighted by atomic mass is 35.7. The molecule has 0 aromatic heterocycles. The quantitative estimate of drug-likeness (QED) is 0.404. The summed E-state index contributed by atoms with van der Waals surface area (Å²) < 4.78 is 25.2. The van der Waals surface area contributed by atoms with E-state index in [2.05, 4.69) is 4.74 Å². The van der Waals surface area contributed by atoms with Gasteiger partial charge >= 0.3 is 11.9 Å². The molecule has 0 amide bonds. The second-order valence-electron chi connectivity index (χ2n) is 1.78. The van der Waals surface area contributed by atoms with Gasteiger partial charge in [-0.1, -0.05) is 0 Å². The van der Waals surface area contributed by atoms with Crippen molar-refractivity contribution in [3.8, 4) is 0 Å². The van der Waals surface area contributed by atoms with Crippen LogP contribution in [0.3, 0.4) is 0 Å². The third-order valence-corrected chi connectivity index (χ3v) is 2.21. The highest BCUT2D eigenvalue weighted by Gasteiger charge is 2.24. The van der Waals surface area contributed by atoms with Crippen LogP contribution < -0.4 is 0 Å². The lowest BCUT2D eigenvalue weighted by atomic mass is 10.5. The first-order valence-corrected chi connectivity index (χ1v) is 5.07. The predicted octanol–water partition coefficient (Wildman–Crippen LogP) is -0.303. The van der Waals surface area contributed by atoms with Gasteiger partial charge in [0.2, 0.25) is 0 Å². The molecule has 0 aliphatic carbocycles. The van der Waals surface area contributed by atoms with Crippen molar-refractivity contribution < 1.29 is 27.9 Å². The number of carbonyl (C=O) groups excluding carboxylic acids is 1. The molecule has 1 N–H and O–H groups in total. The van der Waals surface area contributed by atoms with E-state index in [1.807, 2.05) is 0 Å². The van der Waals surface area contributed by atoms with Crippen molar-refractivity contribution >= 4 is 31.7 Å². The van der Waals surface area contributed by atoms with E-state index in [4.69, 9.17) is 15.8 Å². The third kappa shape index (κ3) is 3.90. The summed E-state index contributed by atoms with van der Waals surface area (Å²) in [6.45, 7) is 0. The Morgan fingerprint density at radius 2 is 1.92 bits per heavy atom. The lowest BCUT2D eigenvalue weighted by Crippen LogP contribution is -2.12. The molecule has 0 saturated heterocycles. The smallest absolute Gasteiger partial charge is 0.351 e. The zero-order valence-corrected chi connectivity index (χ0v) is 7.92. The Morgan fingerprint density at radius 1 is 1.46 bits per heavy atom. The van der Waals surface area contributed by atoms with E-state index in [1.165, 1.54) is 0 Å². The standard InChI is InChI=1S/C5H5ClO6S/c1-12-5(9)3(2-4(7)8)13(6,10)11/h2H,1H3,(H,7,8)/b3-2+. The van der Waals surface area contributed by atoms with E-state index in [9.17, 15) is 18.0 Å². The number of methoxy groups -OCH3 is 1. The maximum atomic E-state index is 10.7. The fourth-order valence-electron chi connectivity index (χ4n) is 0.442. The van der Waals surface area contributed by atoms with Crippen molar-refractivity contribution in [3.05, 3.63) is 11.0 Å². The van der Waals surface area contributed by atoms with Gasteiger partial charge in [-0.25, -0.2) is 18.0 Å². The fraction of sp³-hybridized carbons (Fsp3) is 0.200. The molecule has 0 rings (SSSR count). The van der Waals surface area contributed by atoms with Crippen LogP contribution >= 0.6 is 10.7 Å². The van der Waals surface area contributed by atoms with Crippen LogP contribution in [-0.2, 0) is 23.4 Å². The predicted molar refractivity (Wildman–Crippen MR) is 42.5 cm³/mol. The molecule has 0 aliphatic heterocycles. The Kier molecular flexibility index (Phi) is 3.89. The average molecular weight is 229 g/mol. The number of ether oxygens (including phenoxy) is 1. The highest BCUT2D eigenvalue weighted by molar-refractivity contribution is 8.17. The monoisotopic (exact) mass is 228 g/mol. The summed E-state index contributed by atoms with van der Waals surface area (Å²) in [6, 6.07) is 0. The van der Waals surface area contributed by atoms with Crippen LogP contribution in [0, 0.1) is 0 Å². The number of esters is 1. The number of halogens is 1. The molecule has 0 aromatic carbocycles. The van der Waals surface area contributed by atoms with E-state index in [1.54, 1.807) is 0 Å². The lowest BCUT2D eigenvalue weighted by molar-refractivity contribution is -0.136. The molecule has 0 bridgehead atoms. The van der Waals surface area contributed by atoms with Gasteiger partial charge in [0, 0.05) is 10.7 Å². The maximum Gasteiger partial charge on any atom is 0.351 e. The average Bonchev–Trinajstić information content (AvgIpc) is 1.96. The van der Waals surface area contributed by atoms with Crippen molar-refractivity contribution in [3.63, 3.8) is 0 Å². The first-order chi connectivity index (χ1) is 5.79. The largest absolute Gasteiger partial charge is 0.478 e. The Balaban J connectivity index is 5.25. The second-order valence-corrected chi connectivity index (χ2v) is 4.31. The second kappa shape index (κ2) is 4.24. The molecule has 0 spiro atoms. The van der Waals surface area contributed by atoms with Crippen molar-refractivity contribution in [2.75, 3.05) is 7.11 Å². The number of carboxylic acid groups (broad SMARTS) is 1. The van der Waals surface area contributed by atoms with E-state index in [0.717, 1.165) is 7.11 Å². The Bertz CT molecular complexity index is 353. The molecular weight excluding hydrogens is 224 g/mol. The van der Waals surface area contributed by atoms with E-state index in [0.29, 0.717) is 0 Å². The molecule has 8 heteroatoms. The summed E-state index contributed by atoms with van der Waals surface area (Å²) >= 11 is 0.